The van der Waals surface area contributed by atoms with Crippen molar-refractivity contribution in [2.45, 2.75) is 63.2 Å². The van der Waals surface area contributed by atoms with E-state index in [2.05, 4.69) is 15.5 Å². The molecule has 1 amide bonds. The van der Waals surface area contributed by atoms with Gasteiger partial charge in [-0.1, -0.05) is 50.1 Å². The van der Waals surface area contributed by atoms with E-state index in [9.17, 15) is 9.59 Å². The van der Waals surface area contributed by atoms with Crippen LogP contribution in [-0.2, 0) is 11.3 Å². The standard InChI is InChI=1S/C20H25N5O2S/c1-2-12-24-18(27)15-10-6-7-11-16(15)25-19(24)22-23-20(25)28-13-17(26)21-14-8-4-3-5-9-14/h6-7,10-11,14H,2-5,8-9,12-13H2,1H3,(H,21,26). The molecule has 1 aliphatic rings. The van der Waals surface area contributed by atoms with Crippen molar-refractivity contribution < 1.29 is 4.79 Å². The van der Waals surface area contributed by atoms with Gasteiger partial charge in [0, 0.05) is 12.6 Å². The molecule has 0 aliphatic heterocycles. The Labute approximate surface area is 167 Å². The lowest BCUT2D eigenvalue weighted by Crippen LogP contribution is -2.37. The van der Waals surface area contributed by atoms with E-state index in [-0.39, 0.29) is 11.5 Å². The molecule has 8 heteroatoms. The lowest BCUT2D eigenvalue weighted by Gasteiger charge is -2.22. The molecule has 7 nitrogen and oxygen atoms in total. The van der Waals surface area contributed by atoms with E-state index >= 15 is 0 Å². The van der Waals surface area contributed by atoms with Gasteiger partial charge in [0.15, 0.2) is 5.16 Å². The van der Waals surface area contributed by atoms with Crippen molar-refractivity contribution in [1.29, 1.82) is 0 Å². The molecular weight excluding hydrogens is 374 g/mol. The normalized spacial score (nSPS) is 15.3. The largest absolute Gasteiger partial charge is 0.353 e. The van der Waals surface area contributed by atoms with Crippen LogP contribution in [0.25, 0.3) is 16.7 Å². The summed E-state index contributed by atoms with van der Waals surface area (Å²) in [6, 6.07) is 7.78. The maximum absolute atomic E-state index is 12.8. The summed E-state index contributed by atoms with van der Waals surface area (Å²) in [5, 5.41) is 13.0. The van der Waals surface area contributed by atoms with Gasteiger partial charge in [-0.2, -0.15) is 0 Å². The second-order valence-electron chi connectivity index (χ2n) is 7.28. The summed E-state index contributed by atoms with van der Waals surface area (Å²) < 4.78 is 3.56. The summed E-state index contributed by atoms with van der Waals surface area (Å²) in [5.74, 6) is 0.846. The fourth-order valence-corrected chi connectivity index (χ4v) is 4.65. The van der Waals surface area contributed by atoms with Crippen molar-refractivity contribution in [3.63, 3.8) is 0 Å². The van der Waals surface area contributed by atoms with Gasteiger partial charge >= 0.3 is 0 Å². The number of amides is 1. The van der Waals surface area contributed by atoms with Crippen molar-refractivity contribution in [2.75, 3.05) is 5.75 Å². The van der Waals surface area contributed by atoms with E-state index in [0.717, 1.165) is 24.8 Å². The highest BCUT2D eigenvalue weighted by Gasteiger charge is 2.19. The quantitative estimate of drug-likeness (QED) is 0.645. The highest BCUT2D eigenvalue weighted by Crippen LogP contribution is 2.22. The zero-order valence-electron chi connectivity index (χ0n) is 16.1. The molecule has 1 fully saturated rings. The molecule has 2 heterocycles. The molecule has 4 rings (SSSR count). The summed E-state index contributed by atoms with van der Waals surface area (Å²) in [6.45, 7) is 2.61. The lowest BCUT2D eigenvalue weighted by atomic mass is 9.95. The number of rotatable bonds is 6. The van der Waals surface area contributed by atoms with Gasteiger partial charge in [-0.05, 0) is 31.4 Å². The summed E-state index contributed by atoms with van der Waals surface area (Å²) in [4.78, 5) is 25.2. The third-order valence-corrected chi connectivity index (χ3v) is 6.16. The third kappa shape index (κ3) is 3.65. The smallest absolute Gasteiger partial charge is 0.262 e. The first-order valence-electron chi connectivity index (χ1n) is 9.98. The number of benzene rings is 1. The van der Waals surface area contributed by atoms with Crippen LogP contribution in [0.2, 0.25) is 0 Å². The van der Waals surface area contributed by atoms with Crippen molar-refractivity contribution in [1.82, 2.24) is 24.5 Å². The molecular formula is C20H25N5O2S. The molecule has 2 aromatic heterocycles. The van der Waals surface area contributed by atoms with Crippen LogP contribution in [0.5, 0.6) is 0 Å². The van der Waals surface area contributed by atoms with Crippen LogP contribution in [0.1, 0.15) is 45.4 Å². The number of para-hydroxylation sites is 1. The fourth-order valence-electron chi connectivity index (χ4n) is 3.90. The van der Waals surface area contributed by atoms with E-state index in [1.165, 1.54) is 31.0 Å². The van der Waals surface area contributed by atoms with Crippen LogP contribution >= 0.6 is 11.8 Å². The number of hydrogen-bond donors (Lipinski definition) is 1. The highest BCUT2D eigenvalue weighted by atomic mass is 32.2. The molecule has 0 bridgehead atoms. The van der Waals surface area contributed by atoms with Crippen LogP contribution in [-0.4, -0.2) is 36.9 Å². The number of aromatic nitrogens is 4. The molecule has 28 heavy (non-hydrogen) atoms. The number of nitrogens with zero attached hydrogens (tertiary/aromatic N) is 4. The number of nitrogens with one attached hydrogen (secondary N) is 1. The molecule has 148 valence electrons. The van der Waals surface area contributed by atoms with Gasteiger partial charge in [0.25, 0.3) is 5.56 Å². The van der Waals surface area contributed by atoms with E-state index in [1.807, 2.05) is 35.6 Å². The molecule has 1 aliphatic carbocycles. The van der Waals surface area contributed by atoms with Gasteiger partial charge in [0.1, 0.15) is 0 Å². The lowest BCUT2D eigenvalue weighted by molar-refractivity contribution is -0.119. The van der Waals surface area contributed by atoms with Crippen molar-refractivity contribution >= 4 is 34.3 Å². The Hall–Kier alpha value is -2.35. The average molecular weight is 400 g/mol. The minimum absolute atomic E-state index is 0.0276. The zero-order valence-corrected chi connectivity index (χ0v) is 16.9. The van der Waals surface area contributed by atoms with E-state index in [0.29, 0.717) is 34.7 Å². The minimum Gasteiger partial charge on any atom is -0.353 e. The second-order valence-corrected chi connectivity index (χ2v) is 8.23. The molecule has 0 atom stereocenters. The van der Waals surface area contributed by atoms with Gasteiger partial charge < -0.3 is 5.32 Å². The number of carbonyl (C=O) groups excluding carboxylic acids is 1. The molecule has 0 saturated heterocycles. The van der Waals surface area contributed by atoms with Crippen molar-refractivity contribution in [2.24, 2.45) is 0 Å². The first kappa shape index (κ1) is 19.0. The number of thioether (sulfide) groups is 1. The van der Waals surface area contributed by atoms with E-state index < -0.39 is 0 Å². The van der Waals surface area contributed by atoms with Gasteiger partial charge in [0.05, 0.1) is 16.7 Å². The Bertz CT molecular complexity index is 1050. The SMILES string of the molecule is CCCn1c(=O)c2ccccc2n2c(SCC(=O)NC3CCCCC3)nnc12. The Morgan fingerprint density at radius 1 is 1.21 bits per heavy atom. The topological polar surface area (TPSA) is 81.3 Å². The summed E-state index contributed by atoms with van der Waals surface area (Å²) in [7, 11) is 0. The first-order valence-corrected chi connectivity index (χ1v) is 11.0. The van der Waals surface area contributed by atoms with Gasteiger partial charge in [-0.3, -0.25) is 18.6 Å². The van der Waals surface area contributed by atoms with Crippen LogP contribution < -0.4 is 10.9 Å². The Balaban J connectivity index is 1.63. The number of hydrogen-bond acceptors (Lipinski definition) is 5. The molecule has 1 saturated carbocycles. The molecule has 0 spiro atoms. The predicted octanol–water partition coefficient (Wildman–Crippen LogP) is 3.00. The molecule has 0 radical (unpaired) electrons. The average Bonchev–Trinajstić information content (AvgIpc) is 3.14. The molecule has 3 aromatic rings. The van der Waals surface area contributed by atoms with Gasteiger partial charge in [-0.15, -0.1) is 10.2 Å². The first-order chi connectivity index (χ1) is 13.7. The van der Waals surface area contributed by atoms with Crippen LogP contribution in [0.3, 0.4) is 0 Å². The third-order valence-electron chi connectivity index (χ3n) is 5.23. The monoisotopic (exact) mass is 399 g/mol. The highest BCUT2D eigenvalue weighted by molar-refractivity contribution is 7.99. The van der Waals surface area contributed by atoms with Crippen LogP contribution in [0.15, 0.2) is 34.2 Å². The maximum atomic E-state index is 12.8. The second kappa shape index (κ2) is 8.34. The fraction of sp³-hybridized carbons (Fsp3) is 0.500. The van der Waals surface area contributed by atoms with Crippen molar-refractivity contribution in [3.05, 3.63) is 34.6 Å². The summed E-state index contributed by atoms with van der Waals surface area (Å²) in [5.41, 5.74) is 0.721. The Kier molecular flexibility index (Phi) is 5.66. The molecule has 0 unspecified atom stereocenters. The van der Waals surface area contributed by atoms with Crippen molar-refractivity contribution in [3.8, 4) is 0 Å². The predicted molar refractivity (Wildman–Crippen MR) is 111 cm³/mol. The van der Waals surface area contributed by atoms with Gasteiger partial charge in [0.2, 0.25) is 11.7 Å². The summed E-state index contributed by atoms with van der Waals surface area (Å²) in [6.07, 6.45) is 6.60. The number of fused-ring (bicyclic) bond motifs is 3. The maximum Gasteiger partial charge on any atom is 0.262 e. The zero-order chi connectivity index (χ0) is 19.5. The molecule has 1 aromatic carbocycles. The van der Waals surface area contributed by atoms with Crippen LogP contribution in [0, 0.1) is 0 Å². The number of carbonyl (C=O) groups is 1. The van der Waals surface area contributed by atoms with Crippen LogP contribution in [0.4, 0.5) is 0 Å². The minimum atomic E-state index is -0.0519. The van der Waals surface area contributed by atoms with E-state index in [4.69, 9.17) is 0 Å². The number of aryl methyl sites for hydroxylation is 1. The Morgan fingerprint density at radius 3 is 2.79 bits per heavy atom. The van der Waals surface area contributed by atoms with E-state index in [1.54, 1.807) is 4.57 Å². The molecule has 1 N–H and O–H groups in total. The van der Waals surface area contributed by atoms with Gasteiger partial charge in [-0.25, -0.2) is 0 Å². The Morgan fingerprint density at radius 2 is 2.00 bits per heavy atom. The summed E-state index contributed by atoms with van der Waals surface area (Å²) >= 11 is 1.36.